The number of nitro groups is 1. The molecule has 0 aromatic heterocycles. The molecule has 1 saturated heterocycles. The minimum absolute atomic E-state index is 0.0528. The van der Waals surface area contributed by atoms with Crippen molar-refractivity contribution < 1.29 is 4.92 Å². The molecule has 1 unspecified atom stereocenters. The number of nitro benzene ring substituents is 1. The highest BCUT2D eigenvalue weighted by Crippen LogP contribution is 2.28. The number of hydrogen-bond acceptors (Lipinski definition) is 6. The molecule has 1 fully saturated rings. The summed E-state index contributed by atoms with van der Waals surface area (Å²) in [4.78, 5) is 15.0. The lowest BCUT2D eigenvalue weighted by molar-refractivity contribution is -0.384. The molecule has 0 amide bonds. The summed E-state index contributed by atoms with van der Waals surface area (Å²) in [6.45, 7) is 4.79. The second-order valence-corrected chi connectivity index (χ2v) is 4.92. The van der Waals surface area contributed by atoms with E-state index in [1.165, 1.54) is 6.07 Å². The molecule has 1 heterocycles. The van der Waals surface area contributed by atoms with E-state index in [4.69, 9.17) is 5.84 Å². The van der Waals surface area contributed by atoms with Gasteiger partial charge in [0.15, 0.2) is 0 Å². The van der Waals surface area contributed by atoms with Gasteiger partial charge in [-0.15, -0.1) is 0 Å². The van der Waals surface area contributed by atoms with Gasteiger partial charge in [0.2, 0.25) is 0 Å². The SMILES string of the molecule is CC1CN(c2cc(NN)cc([N+](=O)[O-])c2)CCN1C. The van der Waals surface area contributed by atoms with E-state index < -0.39 is 4.92 Å². The van der Waals surface area contributed by atoms with E-state index in [0.29, 0.717) is 11.7 Å². The number of hydrazine groups is 1. The molecule has 2 rings (SSSR count). The molecule has 0 bridgehead atoms. The standard InChI is InChI=1S/C12H19N5O2/c1-9-8-16(4-3-15(9)2)11-5-10(14-13)6-12(7-11)17(18)19/h5-7,9,14H,3-4,8,13H2,1-2H3. The van der Waals surface area contributed by atoms with Gasteiger partial charge < -0.3 is 15.2 Å². The second kappa shape index (κ2) is 5.41. The molecular formula is C12H19N5O2. The highest BCUT2D eigenvalue weighted by atomic mass is 16.6. The van der Waals surface area contributed by atoms with Crippen LogP contribution in [0.3, 0.4) is 0 Å². The van der Waals surface area contributed by atoms with Crippen LogP contribution in [0.2, 0.25) is 0 Å². The van der Waals surface area contributed by atoms with Crippen LogP contribution in [0.25, 0.3) is 0 Å². The molecule has 0 radical (unpaired) electrons. The predicted octanol–water partition coefficient (Wildman–Crippen LogP) is 1.02. The molecule has 104 valence electrons. The molecule has 7 nitrogen and oxygen atoms in total. The van der Waals surface area contributed by atoms with Gasteiger partial charge in [-0.25, -0.2) is 0 Å². The van der Waals surface area contributed by atoms with Crippen LogP contribution in [-0.2, 0) is 0 Å². The summed E-state index contributed by atoms with van der Waals surface area (Å²) in [7, 11) is 2.09. The molecule has 1 aromatic carbocycles. The highest BCUT2D eigenvalue weighted by molar-refractivity contribution is 5.64. The number of non-ortho nitro benzene ring substituents is 1. The van der Waals surface area contributed by atoms with Crippen molar-refractivity contribution in [1.29, 1.82) is 0 Å². The monoisotopic (exact) mass is 265 g/mol. The van der Waals surface area contributed by atoms with Crippen LogP contribution in [0.15, 0.2) is 18.2 Å². The Kier molecular flexibility index (Phi) is 3.87. The number of nitrogen functional groups attached to an aromatic ring is 1. The average Bonchev–Trinajstić information content (AvgIpc) is 2.41. The first-order valence-electron chi connectivity index (χ1n) is 6.22. The Balaban J connectivity index is 2.28. The number of anilines is 2. The van der Waals surface area contributed by atoms with E-state index in [1.807, 2.05) is 6.07 Å². The minimum Gasteiger partial charge on any atom is -0.368 e. The Bertz CT molecular complexity index is 479. The summed E-state index contributed by atoms with van der Waals surface area (Å²) in [6.07, 6.45) is 0. The number of nitrogens with one attached hydrogen (secondary N) is 1. The van der Waals surface area contributed by atoms with E-state index in [1.54, 1.807) is 6.07 Å². The predicted molar refractivity (Wildman–Crippen MR) is 75.2 cm³/mol. The van der Waals surface area contributed by atoms with Crippen molar-refractivity contribution in [2.75, 3.05) is 37.0 Å². The zero-order valence-corrected chi connectivity index (χ0v) is 11.2. The van der Waals surface area contributed by atoms with Gasteiger partial charge in [-0.2, -0.15) is 0 Å². The maximum absolute atomic E-state index is 10.9. The minimum atomic E-state index is -0.399. The Morgan fingerprint density at radius 1 is 1.42 bits per heavy atom. The van der Waals surface area contributed by atoms with Crippen LogP contribution in [0.4, 0.5) is 17.1 Å². The van der Waals surface area contributed by atoms with Crippen LogP contribution < -0.4 is 16.2 Å². The number of hydrogen-bond donors (Lipinski definition) is 2. The number of likely N-dealkylation sites (N-methyl/N-ethyl adjacent to an activating group) is 1. The smallest absolute Gasteiger partial charge is 0.273 e. The lowest BCUT2D eigenvalue weighted by Gasteiger charge is -2.39. The third kappa shape index (κ3) is 2.94. The molecule has 1 aliphatic rings. The molecule has 0 aliphatic carbocycles. The quantitative estimate of drug-likeness (QED) is 0.482. The van der Waals surface area contributed by atoms with Crippen molar-refractivity contribution >= 4 is 17.1 Å². The van der Waals surface area contributed by atoms with E-state index in [0.717, 1.165) is 25.3 Å². The van der Waals surface area contributed by atoms with E-state index in [9.17, 15) is 10.1 Å². The molecule has 1 aromatic rings. The normalized spacial score (nSPS) is 20.4. The van der Waals surface area contributed by atoms with Gasteiger partial charge in [0, 0.05) is 43.5 Å². The molecule has 0 saturated carbocycles. The van der Waals surface area contributed by atoms with Gasteiger partial charge in [0.05, 0.1) is 10.6 Å². The lowest BCUT2D eigenvalue weighted by Crippen LogP contribution is -2.50. The number of piperazine rings is 1. The topological polar surface area (TPSA) is 87.7 Å². The van der Waals surface area contributed by atoms with Gasteiger partial charge in [0.25, 0.3) is 5.69 Å². The van der Waals surface area contributed by atoms with E-state index in [2.05, 4.69) is 29.2 Å². The zero-order chi connectivity index (χ0) is 14.0. The fraction of sp³-hybridized carbons (Fsp3) is 0.500. The molecule has 3 N–H and O–H groups in total. The van der Waals surface area contributed by atoms with E-state index >= 15 is 0 Å². The van der Waals surface area contributed by atoms with Crippen molar-refractivity contribution in [1.82, 2.24) is 4.90 Å². The highest BCUT2D eigenvalue weighted by Gasteiger charge is 2.22. The average molecular weight is 265 g/mol. The van der Waals surface area contributed by atoms with Crippen LogP contribution in [0.1, 0.15) is 6.92 Å². The summed E-state index contributed by atoms with van der Waals surface area (Å²) in [5, 5.41) is 10.9. The Labute approximate surface area is 112 Å². The third-order valence-corrected chi connectivity index (χ3v) is 3.60. The lowest BCUT2D eigenvalue weighted by atomic mass is 10.1. The van der Waals surface area contributed by atoms with Crippen molar-refractivity contribution in [3.8, 4) is 0 Å². The van der Waals surface area contributed by atoms with Crippen molar-refractivity contribution in [2.24, 2.45) is 5.84 Å². The number of benzene rings is 1. The summed E-state index contributed by atoms with van der Waals surface area (Å²) in [6, 6.07) is 5.29. The van der Waals surface area contributed by atoms with Crippen LogP contribution in [-0.4, -0.2) is 42.5 Å². The first kappa shape index (κ1) is 13.6. The molecule has 1 atom stereocenters. The summed E-state index contributed by atoms with van der Waals surface area (Å²) < 4.78 is 0. The Morgan fingerprint density at radius 2 is 2.16 bits per heavy atom. The van der Waals surface area contributed by atoms with Crippen LogP contribution in [0, 0.1) is 10.1 Å². The summed E-state index contributed by atoms with van der Waals surface area (Å²) in [5.74, 6) is 5.37. The van der Waals surface area contributed by atoms with Gasteiger partial charge in [0.1, 0.15) is 0 Å². The molecule has 0 spiro atoms. The maximum Gasteiger partial charge on any atom is 0.273 e. The van der Waals surface area contributed by atoms with Gasteiger partial charge in [-0.05, 0) is 20.0 Å². The number of nitrogens with two attached hydrogens (primary N) is 1. The molecular weight excluding hydrogens is 246 g/mol. The third-order valence-electron chi connectivity index (χ3n) is 3.60. The van der Waals surface area contributed by atoms with Crippen molar-refractivity contribution in [2.45, 2.75) is 13.0 Å². The van der Waals surface area contributed by atoms with Gasteiger partial charge >= 0.3 is 0 Å². The van der Waals surface area contributed by atoms with Crippen molar-refractivity contribution in [3.63, 3.8) is 0 Å². The largest absolute Gasteiger partial charge is 0.368 e. The van der Waals surface area contributed by atoms with Crippen LogP contribution in [0.5, 0.6) is 0 Å². The van der Waals surface area contributed by atoms with Crippen LogP contribution >= 0.6 is 0 Å². The molecule has 1 aliphatic heterocycles. The Morgan fingerprint density at radius 3 is 2.74 bits per heavy atom. The van der Waals surface area contributed by atoms with Gasteiger partial charge in [-0.1, -0.05) is 0 Å². The fourth-order valence-corrected chi connectivity index (χ4v) is 2.25. The number of rotatable bonds is 3. The summed E-state index contributed by atoms with van der Waals surface area (Å²) >= 11 is 0. The van der Waals surface area contributed by atoms with E-state index in [-0.39, 0.29) is 5.69 Å². The first-order chi connectivity index (χ1) is 9.01. The fourth-order valence-electron chi connectivity index (χ4n) is 2.25. The number of nitrogens with zero attached hydrogens (tertiary/aromatic N) is 3. The zero-order valence-electron chi connectivity index (χ0n) is 11.2. The summed E-state index contributed by atoms with van der Waals surface area (Å²) in [5.41, 5.74) is 3.92. The molecule has 7 heteroatoms. The second-order valence-electron chi connectivity index (χ2n) is 4.92. The van der Waals surface area contributed by atoms with Gasteiger partial charge in [-0.3, -0.25) is 16.0 Å². The van der Waals surface area contributed by atoms with Crippen molar-refractivity contribution in [3.05, 3.63) is 28.3 Å². The first-order valence-corrected chi connectivity index (χ1v) is 6.22. The maximum atomic E-state index is 10.9. The Hall–Kier alpha value is -1.86. The molecule has 19 heavy (non-hydrogen) atoms.